The number of benzene rings is 1. The molecule has 0 aromatic heterocycles. The van der Waals surface area contributed by atoms with Crippen LogP contribution < -0.4 is 10.1 Å². The van der Waals surface area contributed by atoms with Crippen molar-refractivity contribution in [2.45, 2.75) is 38.6 Å². The average Bonchev–Trinajstić information content (AvgIpc) is 2.79. The van der Waals surface area contributed by atoms with E-state index in [2.05, 4.69) is 12.2 Å². The van der Waals surface area contributed by atoms with Crippen molar-refractivity contribution in [2.24, 2.45) is 5.92 Å². The molecule has 1 fully saturated rings. The molecular formula is C14H20FNO. The van der Waals surface area contributed by atoms with Gasteiger partial charge in [-0.3, -0.25) is 0 Å². The molecule has 1 aliphatic carbocycles. The summed E-state index contributed by atoms with van der Waals surface area (Å²) in [6.07, 6.45) is 5.00. The molecule has 2 rings (SSSR count). The molecule has 3 heteroatoms. The molecule has 0 amide bonds. The Bertz CT molecular complexity index is 380. The molecule has 1 aliphatic rings. The van der Waals surface area contributed by atoms with Crippen molar-refractivity contribution in [3.63, 3.8) is 0 Å². The fraction of sp³-hybridized carbons (Fsp3) is 0.571. The maximum absolute atomic E-state index is 13.3. The summed E-state index contributed by atoms with van der Waals surface area (Å²) in [5.74, 6) is 0.739. The number of halogens is 1. The Labute approximate surface area is 102 Å². The Kier molecular flexibility index (Phi) is 3.87. The van der Waals surface area contributed by atoms with Gasteiger partial charge in [0.15, 0.2) is 11.6 Å². The number of anilines is 1. The van der Waals surface area contributed by atoms with Crippen LogP contribution in [0.1, 0.15) is 32.6 Å². The molecule has 2 nitrogen and oxygen atoms in total. The van der Waals surface area contributed by atoms with Crippen molar-refractivity contribution >= 4 is 5.69 Å². The number of methoxy groups -OCH3 is 1. The predicted octanol–water partition coefficient (Wildman–Crippen LogP) is 3.82. The topological polar surface area (TPSA) is 21.3 Å². The third-order valence-corrected chi connectivity index (χ3v) is 3.69. The highest BCUT2D eigenvalue weighted by molar-refractivity contribution is 5.49. The molecule has 1 saturated carbocycles. The number of nitrogens with one attached hydrogen (secondary N) is 1. The molecule has 94 valence electrons. The van der Waals surface area contributed by atoms with E-state index in [4.69, 9.17) is 4.74 Å². The highest BCUT2D eigenvalue weighted by Gasteiger charge is 2.25. The van der Waals surface area contributed by atoms with E-state index in [-0.39, 0.29) is 5.82 Å². The van der Waals surface area contributed by atoms with E-state index < -0.39 is 0 Å². The van der Waals surface area contributed by atoms with Gasteiger partial charge in [0.2, 0.25) is 0 Å². The van der Waals surface area contributed by atoms with Gasteiger partial charge in [-0.05, 0) is 30.9 Å². The Balaban J connectivity index is 2.08. The van der Waals surface area contributed by atoms with Crippen LogP contribution in [0.2, 0.25) is 0 Å². The van der Waals surface area contributed by atoms with Crippen LogP contribution in [0, 0.1) is 11.7 Å². The van der Waals surface area contributed by atoms with Gasteiger partial charge in [-0.15, -0.1) is 0 Å². The van der Waals surface area contributed by atoms with Crippen LogP contribution in [0.4, 0.5) is 10.1 Å². The first-order valence-corrected chi connectivity index (χ1v) is 6.34. The summed E-state index contributed by atoms with van der Waals surface area (Å²) < 4.78 is 18.3. The summed E-state index contributed by atoms with van der Waals surface area (Å²) in [7, 11) is 1.49. The molecule has 0 spiro atoms. The van der Waals surface area contributed by atoms with Gasteiger partial charge in [0, 0.05) is 17.8 Å². The van der Waals surface area contributed by atoms with Gasteiger partial charge in [0.1, 0.15) is 0 Å². The molecule has 1 aromatic rings. The summed E-state index contributed by atoms with van der Waals surface area (Å²) in [5.41, 5.74) is 0.952. The lowest BCUT2D eigenvalue weighted by Gasteiger charge is -2.21. The standard InChI is InChI=1S/C14H20FNO/c1-3-10-5-4-6-13(10)16-11-7-8-12(15)14(9-11)17-2/h7-10,13,16H,3-6H2,1-2H3. The summed E-state index contributed by atoms with van der Waals surface area (Å²) in [4.78, 5) is 0. The highest BCUT2D eigenvalue weighted by atomic mass is 19.1. The van der Waals surface area contributed by atoms with Gasteiger partial charge in [0.05, 0.1) is 7.11 Å². The van der Waals surface area contributed by atoms with Gasteiger partial charge in [-0.2, -0.15) is 0 Å². The first-order valence-electron chi connectivity index (χ1n) is 6.34. The summed E-state index contributed by atoms with van der Waals surface area (Å²) in [6.45, 7) is 2.23. The average molecular weight is 237 g/mol. The Hall–Kier alpha value is -1.25. The summed E-state index contributed by atoms with van der Waals surface area (Å²) >= 11 is 0. The molecule has 1 aromatic carbocycles. The molecule has 0 saturated heterocycles. The molecule has 0 aliphatic heterocycles. The van der Waals surface area contributed by atoms with E-state index in [9.17, 15) is 4.39 Å². The highest BCUT2D eigenvalue weighted by Crippen LogP contribution is 2.31. The Morgan fingerprint density at radius 3 is 2.94 bits per heavy atom. The molecule has 0 radical (unpaired) electrons. The van der Waals surface area contributed by atoms with Crippen molar-refractivity contribution in [2.75, 3.05) is 12.4 Å². The van der Waals surface area contributed by atoms with Crippen LogP contribution in [-0.2, 0) is 0 Å². The molecular weight excluding hydrogens is 217 g/mol. The van der Waals surface area contributed by atoms with Gasteiger partial charge in [0.25, 0.3) is 0 Å². The van der Waals surface area contributed by atoms with Crippen molar-refractivity contribution < 1.29 is 9.13 Å². The number of hydrogen-bond donors (Lipinski definition) is 1. The fourth-order valence-electron chi connectivity index (χ4n) is 2.68. The van der Waals surface area contributed by atoms with E-state index in [0.717, 1.165) is 11.6 Å². The van der Waals surface area contributed by atoms with Crippen molar-refractivity contribution in [3.8, 4) is 5.75 Å². The van der Waals surface area contributed by atoms with E-state index in [1.165, 1.54) is 38.9 Å². The monoisotopic (exact) mass is 237 g/mol. The van der Waals surface area contributed by atoms with Crippen LogP contribution in [0.5, 0.6) is 5.75 Å². The lowest BCUT2D eigenvalue weighted by molar-refractivity contribution is 0.386. The Morgan fingerprint density at radius 2 is 2.24 bits per heavy atom. The Morgan fingerprint density at radius 1 is 1.41 bits per heavy atom. The van der Waals surface area contributed by atoms with E-state index in [1.54, 1.807) is 12.1 Å². The third-order valence-electron chi connectivity index (χ3n) is 3.69. The van der Waals surface area contributed by atoms with Gasteiger partial charge in [-0.25, -0.2) is 4.39 Å². The predicted molar refractivity (Wildman–Crippen MR) is 68.0 cm³/mol. The van der Waals surface area contributed by atoms with Crippen LogP contribution in [0.15, 0.2) is 18.2 Å². The first kappa shape index (κ1) is 12.2. The first-order chi connectivity index (χ1) is 8.24. The molecule has 0 heterocycles. The van der Waals surface area contributed by atoms with Crippen LogP contribution in [-0.4, -0.2) is 13.2 Å². The SMILES string of the molecule is CCC1CCCC1Nc1ccc(F)c(OC)c1. The zero-order chi connectivity index (χ0) is 12.3. The quantitative estimate of drug-likeness (QED) is 0.859. The van der Waals surface area contributed by atoms with Crippen molar-refractivity contribution in [3.05, 3.63) is 24.0 Å². The number of hydrogen-bond acceptors (Lipinski definition) is 2. The molecule has 1 N–H and O–H groups in total. The maximum atomic E-state index is 13.3. The van der Waals surface area contributed by atoms with Crippen LogP contribution in [0.25, 0.3) is 0 Å². The van der Waals surface area contributed by atoms with E-state index in [1.807, 2.05) is 0 Å². The minimum absolute atomic E-state index is 0.307. The molecule has 17 heavy (non-hydrogen) atoms. The number of ether oxygens (including phenoxy) is 1. The van der Waals surface area contributed by atoms with Gasteiger partial charge >= 0.3 is 0 Å². The second-order valence-corrected chi connectivity index (χ2v) is 4.70. The largest absolute Gasteiger partial charge is 0.494 e. The van der Waals surface area contributed by atoms with Crippen molar-refractivity contribution in [1.82, 2.24) is 0 Å². The second-order valence-electron chi connectivity index (χ2n) is 4.70. The summed E-state index contributed by atoms with van der Waals surface area (Å²) in [6, 6.07) is 5.50. The van der Waals surface area contributed by atoms with Gasteiger partial charge in [-0.1, -0.05) is 19.8 Å². The normalized spacial score (nSPS) is 23.7. The van der Waals surface area contributed by atoms with E-state index in [0.29, 0.717) is 11.8 Å². The van der Waals surface area contributed by atoms with Crippen LogP contribution >= 0.6 is 0 Å². The third kappa shape index (κ3) is 2.71. The lowest BCUT2D eigenvalue weighted by atomic mass is 10.0. The second kappa shape index (κ2) is 5.39. The maximum Gasteiger partial charge on any atom is 0.165 e. The van der Waals surface area contributed by atoms with Crippen LogP contribution in [0.3, 0.4) is 0 Å². The van der Waals surface area contributed by atoms with Crippen molar-refractivity contribution in [1.29, 1.82) is 0 Å². The number of rotatable bonds is 4. The van der Waals surface area contributed by atoms with Gasteiger partial charge < -0.3 is 10.1 Å². The smallest absolute Gasteiger partial charge is 0.165 e. The summed E-state index contributed by atoms with van der Waals surface area (Å²) in [5, 5.41) is 3.50. The minimum Gasteiger partial charge on any atom is -0.494 e. The minimum atomic E-state index is -0.309. The molecule has 2 unspecified atom stereocenters. The molecule has 0 bridgehead atoms. The van der Waals surface area contributed by atoms with E-state index >= 15 is 0 Å². The fourth-order valence-corrected chi connectivity index (χ4v) is 2.68. The zero-order valence-electron chi connectivity index (χ0n) is 10.5. The zero-order valence-corrected chi connectivity index (χ0v) is 10.5. The lowest BCUT2D eigenvalue weighted by Crippen LogP contribution is -2.23. The molecule has 2 atom stereocenters.